The molecule has 0 heterocycles. The van der Waals surface area contributed by atoms with Crippen molar-refractivity contribution in [1.82, 2.24) is 0 Å². The smallest absolute Gasteiger partial charge is 0.125 e. The molecule has 0 saturated carbocycles. The molecule has 2 N–H and O–H groups in total. The van der Waals surface area contributed by atoms with Gasteiger partial charge >= 0.3 is 0 Å². The highest BCUT2D eigenvalue weighted by molar-refractivity contribution is 5.81. The zero-order chi connectivity index (χ0) is 15.1. The van der Waals surface area contributed by atoms with E-state index in [1.165, 1.54) is 0 Å². The molecule has 0 radical (unpaired) electrons. The predicted octanol–water partition coefficient (Wildman–Crippen LogP) is 3.41. The molecule has 4 nitrogen and oxygen atoms in total. The lowest BCUT2D eigenvalue weighted by Gasteiger charge is -2.13. The molecule has 2 aromatic rings. The first kappa shape index (κ1) is 15.1. The van der Waals surface area contributed by atoms with Gasteiger partial charge in [-0.2, -0.15) is 5.10 Å². The van der Waals surface area contributed by atoms with Crippen molar-refractivity contribution in [3.05, 3.63) is 59.7 Å². The summed E-state index contributed by atoms with van der Waals surface area (Å²) >= 11 is 0. The molecule has 0 amide bonds. The van der Waals surface area contributed by atoms with E-state index in [0.29, 0.717) is 5.75 Å². The second-order valence-electron chi connectivity index (χ2n) is 4.93. The van der Waals surface area contributed by atoms with Crippen LogP contribution in [-0.2, 0) is 6.61 Å². The Kier molecular flexibility index (Phi) is 5.35. The van der Waals surface area contributed by atoms with Crippen LogP contribution in [0.2, 0.25) is 0 Å². The van der Waals surface area contributed by atoms with E-state index >= 15 is 0 Å². The number of aliphatic hydroxyl groups is 1. The maximum absolute atomic E-state index is 9.42. The van der Waals surface area contributed by atoms with Crippen molar-refractivity contribution >= 4 is 11.9 Å². The molecule has 0 spiro atoms. The van der Waals surface area contributed by atoms with Crippen LogP contribution in [0.4, 0.5) is 5.69 Å². The lowest BCUT2D eigenvalue weighted by Crippen LogP contribution is -2.07. The number of aliphatic hydroxyl groups excluding tert-OH is 1. The first-order valence-corrected chi connectivity index (χ1v) is 6.93. The number of nitrogens with zero attached hydrogens (tertiary/aromatic N) is 1. The summed E-state index contributed by atoms with van der Waals surface area (Å²) in [6.45, 7) is 3.86. The number of hydrogen-bond donors (Lipinski definition) is 2. The first-order chi connectivity index (χ1) is 10.2. The highest BCUT2D eigenvalue weighted by Crippen LogP contribution is 2.21. The van der Waals surface area contributed by atoms with Crippen LogP contribution in [0.15, 0.2) is 53.6 Å². The van der Waals surface area contributed by atoms with Gasteiger partial charge in [0.25, 0.3) is 0 Å². The zero-order valence-corrected chi connectivity index (χ0v) is 12.3. The number of anilines is 1. The van der Waals surface area contributed by atoms with Crippen LogP contribution in [0.3, 0.4) is 0 Å². The van der Waals surface area contributed by atoms with Crippen LogP contribution in [0.1, 0.15) is 25.0 Å². The van der Waals surface area contributed by atoms with E-state index < -0.39 is 0 Å². The largest absolute Gasteiger partial charge is 0.491 e. The second-order valence-corrected chi connectivity index (χ2v) is 4.93. The molecule has 0 unspecified atom stereocenters. The third-order valence-corrected chi connectivity index (χ3v) is 2.80. The van der Waals surface area contributed by atoms with Gasteiger partial charge in [0, 0.05) is 5.56 Å². The number of nitrogens with one attached hydrogen (secondary N) is 1. The Bertz CT molecular complexity index is 595. The first-order valence-electron chi connectivity index (χ1n) is 6.93. The van der Waals surface area contributed by atoms with Gasteiger partial charge in [-0.1, -0.05) is 18.2 Å². The number of ether oxygens (including phenoxy) is 1. The van der Waals surface area contributed by atoms with Crippen LogP contribution in [0.5, 0.6) is 5.75 Å². The van der Waals surface area contributed by atoms with E-state index in [2.05, 4.69) is 10.5 Å². The Morgan fingerprint density at radius 3 is 2.62 bits per heavy atom. The summed E-state index contributed by atoms with van der Waals surface area (Å²) in [7, 11) is 0. The van der Waals surface area contributed by atoms with E-state index in [4.69, 9.17) is 4.74 Å². The molecule has 0 atom stereocenters. The Hall–Kier alpha value is -2.33. The number of hydrogen-bond acceptors (Lipinski definition) is 4. The van der Waals surface area contributed by atoms with Crippen LogP contribution in [-0.4, -0.2) is 17.4 Å². The average molecular weight is 284 g/mol. The fraction of sp³-hybridized carbons (Fsp3) is 0.235. The van der Waals surface area contributed by atoms with E-state index in [-0.39, 0.29) is 12.7 Å². The monoisotopic (exact) mass is 284 g/mol. The summed E-state index contributed by atoms with van der Waals surface area (Å²) in [6.07, 6.45) is 1.79. The van der Waals surface area contributed by atoms with Crippen LogP contribution >= 0.6 is 0 Å². The fourth-order valence-corrected chi connectivity index (χ4v) is 1.87. The summed E-state index contributed by atoms with van der Waals surface area (Å²) in [6, 6.07) is 15.4. The Labute approximate surface area is 125 Å². The average Bonchev–Trinajstić information content (AvgIpc) is 2.49. The molecule has 4 heteroatoms. The van der Waals surface area contributed by atoms with E-state index in [1.54, 1.807) is 6.21 Å². The molecule has 0 aliphatic rings. The standard InChI is InChI=1S/C17H20N2O2/c1-13(2)21-17-9-8-14(10-15(17)12-20)11-18-19-16-6-4-3-5-7-16/h3-11,13,19-20H,12H2,1-2H3. The second kappa shape index (κ2) is 7.45. The lowest BCUT2D eigenvalue weighted by molar-refractivity contribution is 0.225. The molecule has 0 aliphatic carbocycles. The highest BCUT2D eigenvalue weighted by atomic mass is 16.5. The maximum Gasteiger partial charge on any atom is 0.125 e. The van der Waals surface area contributed by atoms with Crippen molar-refractivity contribution in [2.45, 2.75) is 26.6 Å². The molecule has 0 fully saturated rings. The van der Waals surface area contributed by atoms with Crippen molar-refractivity contribution in [1.29, 1.82) is 0 Å². The zero-order valence-electron chi connectivity index (χ0n) is 12.3. The van der Waals surface area contributed by atoms with Crippen molar-refractivity contribution in [3.8, 4) is 5.75 Å². The van der Waals surface area contributed by atoms with Gasteiger partial charge in [0.2, 0.25) is 0 Å². The molecule has 21 heavy (non-hydrogen) atoms. The number of para-hydroxylation sites is 1. The molecule has 0 aromatic heterocycles. The third kappa shape index (κ3) is 4.61. The van der Waals surface area contributed by atoms with Gasteiger partial charge in [-0.15, -0.1) is 0 Å². The van der Waals surface area contributed by atoms with Gasteiger partial charge in [0.1, 0.15) is 5.75 Å². The topological polar surface area (TPSA) is 53.8 Å². The summed E-state index contributed by atoms with van der Waals surface area (Å²) in [5, 5.41) is 13.6. The Balaban J connectivity index is 2.06. The Morgan fingerprint density at radius 2 is 1.95 bits per heavy atom. The minimum atomic E-state index is -0.0597. The number of hydrazone groups is 1. The molecular weight excluding hydrogens is 264 g/mol. The van der Waals surface area contributed by atoms with Crippen LogP contribution < -0.4 is 10.2 Å². The van der Waals surface area contributed by atoms with Crippen molar-refractivity contribution in [3.63, 3.8) is 0 Å². The van der Waals surface area contributed by atoms with Gasteiger partial charge in [0.15, 0.2) is 0 Å². The van der Waals surface area contributed by atoms with Gasteiger partial charge in [-0.05, 0) is 49.7 Å². The molecule has 2 aromatic carbocycles. The highest BCUT2D eigenvalue weighted by Gasteiger charge is 2.05. The van der Waals surface area contributed by atoms with Gasteiger partial charge in [0.05, 0.1) is 24.6 Å². The molecule has 0 saturated heterocycles. The van der Waals surface area contributed by atoms with E-state index in [1.807, 2.05) is 62.4 Å². The van der Waals surface area contributed by atoms with E-state index in [0.717, 1.165) is 16.8 Å². The molecule has 110 valence electrons. The third-order valence-electron chi connectivity index (χ3n) is 2.80. The molecule has 0 bridgehead atoms. The van der Waals surface area contributed by atoms with Gasteiger partial charge in [-0.25, -0.2) is 0 Å². The number of benzene rings is 2. The fourth-order valence-electron chi connectivity index (χ4n) is 1.87. The van der Waals surface area contributed by atoms with Crippen molar-refractivity contribution in [2.75, 3.05) is 5.43 Å². The summed E-state index contributed by atoms with van der Waals surface area (Å²) in [5.74, 6) is 0.709. The van der Waals surface area contributed by atoms with Crippen molar-refractivity contribution in [2.24, 2.45) is 5.10 Å². The van der Waals surface area contributed by atoms with Gasteiger partial charge in [-0.3, -0.25) is 5.43 Å². The van der Waals surface area contributed by atoms with Crippen molar-refractivity contribution < 1.29 is 9.84 Å². The van der Waals surface area contributed by atoms with Crippen LogP contribution in [0, 0.1) is 0 Å². The minimum absolute atomic E-state index is 0.0597. The summed E-state index contributed by atoms with van der Waals surface area (Å²) in [4.78, 5) is 0. The maximum atomic E-state index is 9.42. The molecule has 2 rings (SSSR count). The number of rotatable bonds is 6. The summed E-state index contributed by atoms with van der Waals surface area (Å²) in [5.41, 5.74) is 5.54. The summed E-state index contributed by atoms with van der Waals surface area (Å²) < 4.78 is 5.64. The lowest BCUT2D eigenvalue weighted by atomic mass is 10.1. The predicted molar refractivity (Wildman–Crippen MR) is 85.8 cm³/mol. The SMILES string of the molecule is CC(C)Oc1ccc(C=NNc2ccccc2)cc1CO. The van der Waals surface area contributed by atoms with E-state index in [9.17, 15) is 5.11 Å². The molecular formula is C17H20N2O2. The van der Waals surface area contributed by atoms with Gasteiger partial charge < -0.3 is 9.84 Å². The normalized spacial score (nSPS) is 11.0. The minimum Gasteiger partial charge on any atom is -0.491 e. The van der Waals surface area contributed by atoms with Crippen LogP contribution in [0.25, 0.3) is 0 Å². The molecule has 0 aliphatic heterocycles. The quantitative estimate of drug-likeness (QED) is 0.631. The Morgan fingerprint density at radius 1 is 1.19 bits per heavy atom.